The minimum absolute atomic E-state index is 0.136. The van der Waals surface area contributed by atoms with Crippen molar-refractivity contribution in [3.8, 4) is 0 Å². The van der Waals surface area contributed by atoms with Crippen LogP contribution in [0.1, 0.15) is 6.92 Å². The smallest absolute Gasteiger partial charge is 0.214 e. The monoisotopic (exact) mass is 268 g/mol. The van der Waals surface area contributed by atoms with Crippen molar-refractivity contribution in [3.05, 3.63) is 23.1 Å². The molecule has 0 aromatic carbocycles. The van der Waals surface area contributed by atoms with Crippen molar-refractivity contribution < 1.29 is 34.8 Å². The van der Waals surface area contributed by atoms with Crippen molar-refractivity contribution in [2.24, 2.45) is 0 Å². The largest absolute Gasteiger partial charge is 0.501 e. The van der Waals surface area contributed by atoms with Crippen molar-refractivity contribution in [2.75, 3.05) is 0 Å². The molecule has 0 aromatic rings. The topological polar surface area (TPSA) is 34.1 Å². The lowest BCUT2D eigenvalue weighted by Crippen LogP contribution is -2.31. The summed E-state index contributed by atoms with van der Waals surface area (Å²) >= 11 is 0. The van der Waals surface area contributed by atoms with Crippen molar-refractivity contribution in [1.82, 2.24) is 0 Å². The highest BCUT2D eigenvalue weighted by molar-refractivity contribution is 7.96. The fourth-order valence-corrected chi connectivity index (χ4v) is 1.46. The SMILES string of the molecule is C/C=C/C=C(/C(F)(F)F)S(=O)(=O)C(F)(F)F. The van der Waals surface area contributed by atoms with Gasteiger partial charge in [-0.3, -0.25) is 0 Å². The average Bonchev–Trinajstić information content (AvgIpc) is 1.99. The number of allylic oxidation sites excluding steroid dienone is 4. The van der Waals surface area contributed by atoms with E-state index in [2.05, 4.69) is 0 Å². The third-order valence-corrected chi connectivity index (χ3v) is 2.87. The summed E-state index contributed by atoms with van der Waals surface area (Å²) in [6.45, 7) is 1.23. The molecule has 0 fully saturated rings. The fourth-order valence-electron chi connectivity index (χ4n) is 0.645. The van der Waals surface area contributed by atoms with Crippen molar-refractivity contribution in [2.45, 2.75) is 18.6 Å². The molecule has 0 unspecified atom stereocenters. The van der Waals surface area contributed by atoms with Crippen LogP contribution in [0, 0.1) is 0 Å². The number of hydrogen-bond donors (Lipinski definition) is 0. The molecule has 0 radical (unpaired) electrons. The second-order valence-corrected chi connectivity index (χ2v) is 4.41. The summed E-state index contributed by atoms with van der Waals surface area (Å²) in [5.41, 5.74) is -5.98. The molecule has 0 rings (SSSR count). The lowest BCUT2D eigenvalue weighted by Gasteiger charge is -2.13. The van der Waals surface area contributed by atoms with E-state index in [0.29, 0.717) is 6.08 Å². The summed E-state index contributed by atoms with van der Waals surface area (Å²) in [5, 5.41) is 0. The molecule has 0 aliphatic carbocycles. The Labute approximate surface area is 87.2 Å². The van der Waals surface area contributed by atoms with Crippen LogP contribution in [0.25, 0.3) is 0 Å². The summed E-state index contributed by atoms with van der Waals surface area (Å²) in [7, 11) is -6.38. The zero-order chi connectivity index (χ0) is 13.2. The second kappa shape index (κ2) is 4.48. The van der Waals surface area contributed by atoms with E-state index in [1.54, 1.807) is 0 Å². The Kier molecular flexibility index (Phi) is 4.20. The van der Waals surface area contributed by atoms with E-state index in [0.717, 1.165) is 6.08 Å². The van der Waals surface area contributed by atoms with Gasteiger partial charge in [0.05, 0.1) is 0 Å². The van der Waals surface area contributed by atoms with Crippen LogP contribution in [0.3, 0.4) is 0 Å². The van der Waals surface area contributed by atoms with Crippen molar-refractivity contribution in [3.63, 3.8) is 0 Å². The third kappa shape index (κ3) is 3.26. The van der Waals surface area contributed by atoms with Crippen LogP contribution in [-0.4, -0.2) is 20.1 Å². The Balaban J connectivity index is 5.77. The van der Waals surface area contributed by atoms with Crippen LogP contribution in [0.2, 0.25) is 0 Å². The van der Waals surface area contributed by atoms with E-state index in [1.807, 2.05) is 0 Å². The highest BCUT2D eigenvalue weighted by Gasteiger charge is 2.56. The summed E-state index contributed by atoms with van der Waals surface area (Å²) in [5.74, 6) is 0. The van der Waals surface area contributed by atoms with Crippen molar-refractivity contribution in [1.29, 1.82) is 0 Å². The van der Waals surface area contributed by atoms with Crippen LogP contribution in [-0.2, 0) is 9.84 Å². The zero-order valence-corrected chi connectivity index (χ0v) is 8.54. The number of rotatable bonds is 2. The van der Waals surface area contributed by atoms with Crippen molar-refractivity contribution >= 4 is 9.84 Å². The molecule has 0 aromatic heterocycles. The van der Waals surface area contributed by atoms with E-state index >= 15 is 0 Å². The van der Waals surface area contributed by atoms with E-state index in [4.69, 9.17) is 0 Å². The predicted octanol–water partition coefficient (Wildman–Crippen LogP) is 2.94. The predicted molar refractivity (Wildman–Crippen MR) is 43.9 cm³/mol. The molecule has 0 bridgehead atoms. The van der Waals surface area contributed by atoms with Gasteiger partial charge in [-0.1, -0.05) is 12.2 Å². The molecule has 9 heteroatoms. The Morgan fingerprint density at radius 1 is 1.06 bits per heavy atom. The van der Waals surface area contributed by atoms with Crippen LogP contribution < -0.4 is 0 Å². The van der Waals surface area contributed by atoms with E-state index in [9.17, 15) is 34.8 Å². The molecule has 0 amide bonds. The summed E-state index contributed by atoms with van der Waals surface area (Å²) in [6, 6.07) is 0. The van der Waals surface area contributed by atoms with E-state index in [-0.39, 0.29) is 6.08 Å². The van der Waals surface area contributed by atoms with Crippen LogP contribution in [0.15, 0.2) is 23.1 Å². The average molecular weight is 268 g/mol. The minimum atomic E-state index is -6.38. The molecule has 0 spiro atoms. The molecule has 0 aliphatic rings. The Bertz CT molecular complexity index is 398. The number of halogens is 6. The maximum atomic E-state index is 12.1. The van der Waals surface area contributed by atoms with E-state index < -0.39 is 26.4 Å². The Hall–Kier alpha value is -0.990. The van der Waals surface area contributed by atoms with Gasteiger partial charge in [-0.15, -0.1) is 0 Å². The van der Waals surface area contributed by atoms with Crippen LogP contribution >= 0.6 is 0 Å². The Morgan fingerprint density at radius 3 is 1.75 bits per heavy atom. The van der Waals surface area contributed by atoms with Crippen LogP contribution in [0.5, 0.6) is 0 Å². The molecule has 0 saturated heterocycles. The number of sulfone groups is 1. The van der Waals surface area contributed by atoms with Gasteiger partial charge in [0.1, 0.15) is 0 Å². The number of hydrogen-bond acceptors (Lipinski definition) is 2. The summed E-state index contributed by atoms with van der Waals surface area (Å²) in [6.07, 6.45) is -4.19. The minimum Gasteiger partial charge on any atom is -0.214 e. The van der Waals surface area contributed by atoms with Gasteiger partial charge in [0.2, 0.25) is 0 Å². The molecule has 0 atom stereocenters. The van der Waals surface area contributed by atoms with Gasteiger partial charge in [-0.05, 0) is 13.0 Å². The summed E-state index contributed by atoms with van der Waals surface area (Å²) in [4.78, 5) is -2.63. The van der Waals surface area contributed by atoms with Gasteiger partial charge in [0, 0.05) is 0 Å². The third-order valence-electron chi connectivity index (χ3n) is 1.31. The van der Waals surface area contributed by atoms with Gasteiger partial charge in [0.15, 0.2) is 4.91 Å². The highest BCUT2D eigenvalue weighted by Crippen LogP contribution is 2.38. The first-order chi connectivity index (χ1) is 6.94. The fraction of sp³-hybridized carbons (Fsp3) is 0.429. The summed E-state index contributed by atoms with van der Waals surface area (Å²) < 4.78 is 93.0. The van der Waals surface area contributed by atoms with Gasteiger partial charge in [-0.25, -0.2) is 8.42 Å². The molecule has 0 aliphatic heterocycles. The van der Waals surface area contributed by atoms with Gasteiger partial charge >= 0.3 is 11.7 Å². The maximum Gasteiger partial charge on any atom is 0.501 e. The normalized spacial score (nSPS) is 15.8. The maximum absolute atomic E-state index is 12.1. The molecule has 0 heterocycles. The molecular formula is C7H6F6O2S. The molecular weight excluding hydrogens is 262 g/mol. The second-order valence-electron chi connectivity index (χ2n) is 2.50. The van der Waals surface area contributed by atoms with Gasteiger partial charge in [0.25, 0.3) is 9.84 Å². The quantitative estimate of drug-likeness (QED) is 0.570. The first kappa shape index (κ1) is 15.0. The van der Waals surface area contributed by atoms with Gasteiger partial charge < -0.3 is 0 Å². The first-order valence-corrected chi connectivity index (χ1v) is 5.14. The molecule has 0 N–H and O–H groups in total. The molecule has 16 heavy (non-hydrogen) atoms. The zero-order valence-electron chi connectivity index (χ0n) is 7.72. The molecule has 0 saturated carbocycles. The lowest BCUT2D eigenvalue weighted by molar-refractivity contribution is -0.0893. The molecule has 94 valence electrons. The van der Waals surface area contributed by atoms with E-state index in [1.165, 1.54) is 6.92 Å². The Morgan fingerprint density at radius 2 is 1.50 bits per heavy atom. The molecule has 2 nitrogen and oxygen atoms in total. The van der Waals surface area contributed by atoms with Crippen LogP contribution in [0.4, 0.5) is 26.3 Å². The number of alkyl halides is 6. The highest BCUT2D eigenvalue weighted by atomic mass is 32.2. The standard InChI is InChI=1S/C7H6F6O2S/c1-2-3-4-5(6(8,9)10)16(14,15)7(11,12)13/h2-4H,1H3/b3-2+,5-4-. The lowest BCUT2D eigenvalue weighted by atomic mass is 10.4. The first-order valence-electron chi connectivity index (χ1n) is 3.66. The van der Waals surface area contributed by atoms with Gasteiger partial charge in [-0.2, -0.15) is 26.3 Å².